The van der Waals surface area contributed by atoms with Crippen molar-refractivity contribution in [3.05, 3.63) is 0 Å². The molecule has 4 unspecified atom stereocenters. The fourth-order valence-corrected chi connectivity index (χ4v) is 1.71. The highest BCUT2D eigenvalue weighted by Crippen LogP contribution is 2.07. The van der Waals surface area contributed by atoms with Crippen molar-refractivity contribution in [3.63, 3.8) is 0 Å². The maximum absolute atomic E-state index is 9.72. The number of nitrogens with zero attached hydrogens (tertiary/aromatic N) is 1. The minimum atomic E-state index is -1.55. The van der Waals surface area contributed by atoms with Crippen molar-refractivity contribution in [2.75, 3.05) is 26.7 Å². The summed E-state index contributed by atoms with van der Waals surface area (Å²) in [6, 6.07) is 0. The Balaban J connectivity index is 4.02. The average Bonchev–Trinajstić information content (AvgIpc) is 2.36. The van der Waals surface area contributed by atoms with Gasteiger partial charge in [0.25, 0.3) is 0 Å². The quantitative estimate of drug-likeness (QED) is 0.309. The molecule has 18 heavy (non-hydrogen) atoms. The number of aliphatic hydroxyl groups is 5. The van der Waals surface area contributed by atoms with Crippen LogP contribution in [-0.2, 0) is 0 Å². The van der Waals surface area contributed by atoms with Crippen LogP contribution in [0.4, 0.5) is 0 Å². The molecule has 5 N–H and O–H groups in total. The first kappa shape index (κ1) is 17.8. The summed E-state index contributed by atoms with van der Waals surface area (Å²) in [4.78, 5) is 1.86. The van der Waals surface area contributed by atoms with E-state index in [0.717, 1.165) is 25.8 Å². The average molecular weight is 265 g/mol. The molecule has 0 aliphatic carbocycles. The van der Waals surface area contributed by atoms with Gasteiger partial charge in [0.15, 0.2) is 0 Å². The molecule has 0 saturated heterocycles. The van der Waals surface area contributed by atoms with Crippen LogP contribution in [0.3, 0.4) is 0 Å². The van der Waals surface area contributed by atoms with Crippen LogP contribution < -0.4 is 0 Å². The molecule has 0 aliphatic heterocycles. The molecule has 0 amide bonds. The number of unbranched alkanes of at least 4 members (excludes halogenated alkanes) is 2. The maximum Gasteiger partial charge on any atom is 0.111 e. The predicted molar refractivity (Wildman–Crippen MR) is 68.1 cm³/mol. The zero-order valence-corrected chi connectivity index (χ0v) is 11.2. The van der Waals surface area contributed by atoms with Crippen LogP contribution in [0.15, 0.2) is 0 Å². The lowest BCUT2D eigenvalue weighted by atomic mass is 10.0. The van der Waals surface area contributed by atoms with E-state index >= 15 is 0 Å². The zero-order chi connectivity index (χ0) is 14.1. The molecule has 0 radical (unpaired) electrons. The van der Waals surface area contributed by atoms with Gasteiger partial charge in [-0.3, -0.25) is 0 Å². The Bertz CT molecular complexity index is 205. The molecule has 0 heterocycles. The van der Waals surface area contributed by atoms with Gasteiger partial charge in [-0.15, -0.1) is 0 Å². The molecule has 0 saturated carbocycles. The molecule has 6 heteroatoms. The number of rotatable bonds is 10. The van der Waals surface area contributed by atoms with Crippen LogP contribution in [0.25, 0.3) is 0 Å². The number of hydrogen-bond donors (Lipinski definition) is 5. The lowest BCUT2D eigenvalue weighted by Gasteiger charge is -2.28. The SMILES string of the molecule is CCCCCN(C)CC(O)C(O)C(O)C(O)CO. The van der Waals surface area contributed by atoms with E-state index in [9.17, 15) is 15.3 Å². The van der Waals surface area contributed by atoms with E-state index in [4.69, 9.17) is 10.2 Å². The Kier molecular flexibility index (Phi) is 9.53. The van der Waals surface area contributed by atoms with Crippen molar-refractivity contribution >= 4 is 0 Å². The fourth-order valence-electron chi connectivity index (χ4n) is 1.71. The van der Waals surface area contributed by atoms with E-state index in [-0.39, 0.29) is 6.54 Å². The van der Waals surface area contributed by atoms with Crippen LogP contribution >= 0.6 is 0 Å². The minimum absolute atomic E-state index is 0.208. The van der Waals surface area contributed by atoms with Crippen LogP contribution in [-0.4, -0.2) is 81.6 Å². The summed E-state index contributed by atoms with van der Waals surface area (Å²) in [5, 5.41) is 46.6. The van der Waals surface area contributed by atoms with Crippen molar-refractivity contribution in [1.29, 1.82) is 0 Å². The molecular formula is C12H27NO5. The fraction of sp³-hybridized carbons (Fsp3) is 1.00. The van der Waals surface area contributed by atoms with E-state index < -0.39 is 31.0 Å². The standard InChI is InChI=1S/C12H27NO5/c1-3-4-5-6-13(2)7-9(15)11(17)12(18)10(16)8-14/h9-12,14-18H,3-8H2,1-2H3. The van der Waals surface area contributed by atoms with Crippen LogP contribution in [0, 0.1) is 0 Å². The second-order valence-corrected chi connectivity index (χ2v) is 4.77. The summed E-state index contributed by atoms with van der Waals surface area (Å²) >= 11 is 0. The van der Waals surface area contributed by atoms with Gasteiger partial charge in [-0.25, -0.2) is 0 Å². The van der Waals surface area contributed by atoms with Crippen LogP contribution in [0.1, 0.15) is 26.2 Å². The first-order valence-corrected chi connectivity index (χ1v) is 6.45. The monoisotopic (exact) mass is 265 g/mol. The van der Waals surface area contributed by atoms with Crippen LogP contribution in [0.5, 0.6) is 0 Å². The van der Waals surface area contributed by atoms with Crippen LogP contribution in [0.2, 0.25) is 0 Å². The molecule has 0 aromatic carbocycles. The highest BCUT2D eigenvalue weighted by atomic mass is 16.4. The summed E-state index contributed by atoms with van der Waals surface area (Å²) in [6.07, 6.45) is -2.39. The number of likely N-dealkylation sites (N-methyl/N-ethyl adjacent to an activating group) is 1. The van der Waals surface area contributed by atoms with Gasteiger partial charge < -0.3 is 30.4 Å². The largest absolute Gasteiger partial charge is 0.394 e. The van der Waals surface area contributed by atoms with E-state index in [2.05, 4.69) is 6.92 Å². The lowest BCUT2D eigenvalue weighted by Crippen LogP contribution is -2.49. The molecule has 0 aromatic rings. The summed E-state index contributed by atoms with van der Waals surface area (Å²) in [7, 11) is 1.82. The Labute approximate surface area is 108 Å². The Hall–Kier alpha value is -0.240. The highest BCUT2D eigenvalue weighted by Gasteiger charge is 2.30. The van der Waals surface area contributed by atoms with Crippen molar-refractivity contribution in [1.82, 2.24) is 4.90 Å². The second kappa shape index (κ2) is 9.66. The molecule has 4 atom stereocenters. The van der Waals surface area contributed by atoms with Crippen molar-refractivity contribution in [2.24, 2.45) is 0 Å². The number of hydrogen-bond acceptors (Lipinski definition) is 6. The third-order valence-electron chi connectivity index (χ3n) is 2.97. The summed E-state index contributed by atoms with van der Waals surface area (Å²) in [5.74, 6) is 0. The zero-order valence-electron chi connectivity index (χ0n) is 11.2. The van der Waals surface area contributed by atoms with Gasteiger partial charge in [0.05, 0.1) is 12.7 Å². The molecule has 110 valence electrons. The molecule has 0 spiro atoms. The smallest absolute Gasteiger partial charge is 0.111 e. The minimum Gasteiger partial charge on any atom is -0.394 e. The van der Waals surface area contributed by atoms with Gasteiger partial charge in [-0.2, -0.15) is 0 Å². The van der Waals surface area contributed by atoms with Gasteiger partial charge in [0.1, 0.15) is 18.3 Å². The first-order valence-electron chi connectivity index (χ1n) is 6.45. The number of aliphatic hydroxyl groups excluding tert-OH is 5. The normalized spacial score (nSPS) is 18.7. The molecular weight excluding hydrogens is 238 g/mol. The molecule has 0 rings (SSSR count). The molecule has 0 fully saturated rings. The van der Waals surface area contributed by atoms with E-state index in [0.29, 0.717) is 0 Å². The van der Waals surface area contributed by atoms with Gasteiger partial charge in [-0.1, -0.05) is 19.8 Å². The third kappa shape index (κ3) is 6.63. The summed E-state index contributed by atoms with van der Waals surface area (Å²) in [5.41, 5.74) is 0. The molecule has 0 bridgehead atoms. The van der Waals surface area contributed by atoms with Crippen molar-refractivity contribution in [3.8, 4) is 0 Å². The summed E-state index contributed by atoms with van der Waals surface area (Å²) < 4.78 is 0. The Morgan fingerprint density at radius 3 is 2.00 bits per heavy atom. The lowest BCUT2D eigenvalue weighted by molar-refractivity contribution is -0.118. The third-order valence-corrected chi connectivity index (χ3v) is 2.97. The van der Waals surface area contributed by atoms with Gasteiger partial charge in [0.2, 0.25) is 0 Å². The van der Waals surface area contributed by atoms with Crippen molar-refractivity contribution in [2.45, 2.75) is 50.6 Å². The topological polar surface area (TPSA) is 104 Å². The predicted octanol–water partition coefficient (Wildman–Crippen LogP) is -1.46. The van der Waals surface area contributed by atoms with Gasteiger partial charge in [0, 0.05) is 6.54 Å². The second-order valence-electron chi connectivity index (χ2n) is 4.77. The van der Waals surface area contributed by atoms with E-state index in [1.54, 1.807) is 0 Å². The first-order chi connectivity index (χ1) is 8.43. The van der Waals surface area contributed by atoms with E-state index in [1.807, 2.05) is 11.9 Å². The molecule has 0 aliphatic rings. The Morgan fingerprint density at radius 1 is 0.944 bits per heavy atom. The van der Waals surface area contributed by atoms with E-state index in [1.165, 1.54) is 0 Å². The van der Waals surface area contributed by atoms with Gasteiger partial charge in [-0.05, 0) is 20.0 Å². The van der Waals surface area contributed by atoms with Crippen molar-refractivity contribution < 1.29 is 25.5 Å². The maximum atomic E-state index is 9.72. The van der Waals surface area contributed by atoms with Gasteiger partial charge >= 0.3 is 0 Å². The molecule has 0 aromatic heterocycles. The Morgan fingerprint density at radius 2 is 1.50 bits per heavy atom. The summed E-state index contributed by atoms with van der Waals surface area (Å²) in [6.45, 7) is 2.46. The highest BCUT2D eigenvalue weighted by molar-refractivity contribution is 4.81. The molecule has 6 nitrogen and oxygen atoms in total.